The van der Waals surface area contributed by atoms with Crippen LogP contribution in [0.25, 0.3) is 10.9 Å². The third-order valence-electron chi connectivity index (χ3n) is 4.50. The highest BCUT2D eigenvalue weighted by Crippen LogP contribution is 2.29. The molecule has 1 unspecified atom stereocenters. The van der Waals surface area contributed by atoms with Gasteiger partial charge in [-0.25, -0.2) is 4.98 Å². The molecule has 25 heavy (non-hydrogen) atoms. The molecule has 0 fully saturated rings. The Morgan fingerprint density at radius 3 is 2.76 bits per heavy atom. The molecule has 0 spiro atoms. The molecule has 126 valence electrons. The molecule has 1 aromatic carbocycles. The molecular weight excluding hydrogens is 317 g/mol. The van der Waals surface area contributed by atoms with Crippen LogP contribution >= 0.6 is 0 Å². The van der Waals surface area contributed by atoms with E-state index in [1.54, 1.807) is 19.1 Å². The zero-order chi connectivity index (χ0) is 18.0. The van der Waals surface area contributed by atoms with E-state index in [2.05, 4.69) is 16.0 Å². The van der Waals surface area contributed by atoms with Crippen LogP contribution in [0, 0.1) is 17.3 Å². The number of pyridine rings is 2. The van der Waals surface area contributed by atoms with Crippen LogP contribution in [0.1, 0.15) is 30.7 Å². The van der Waals surface area contributed by atoms with Crippen molar-refractivity contribution in [3.8, 4) is 6.07 Å². The summed E-state index contributed by atoms with van der Waals surface area (Å²) in [6.07, 6.45) is 0.943. The molecule has 3 aromatic rings. The monoisotopic (exact) mass is 335 g/mol. The molecule has 0 aliphatic carbocycles. The van der Waals surface area contributed by atoms with Gasteiger partial charge < -0.3 is 4.98 Å². The van der Waals surface area contributed by atoms with Crippen molar-refractivity contribution >= 4 is 10.9 Å². The second-order valence-electron chi connectivity index (χ2n) is 6.35. The second-order valence-corrected chi connectivity index (χ2v) is 6.35. The summed E-state index contributed by atoms with van der Waals surface area (Å²) >= 11 is 0. The lowest BCUT2D eigenvalue weighted by Gasteiger charge is -2.22. The molecule has 1 atom stereocenters. The van der Waals surface area contributed by atoms with Crippen LogP contribution in [0.2, 0.25) is 0 Å². The summed E-state index contributed by atoms with van der Waals surface area (Å²) in [5.74, 6) is -0.562. The van der Waals surface area contributed by atoms with Crippen LogP contribution in [0.15, 0.2) is 47.3 Å². The number of hydrogen-bond acceptors (Lipinski definition) is 3. The topological polar surface area (TPSA) is 69.5 Å². The van der Waals surface area contributed by atoms with E-state index < -0.39 is 11.4 Å². The smallest absolute Gasteiger partial charge is 0.251 e. The van der Waals surface area contributed by atoms with Gasteiger partial charge in [0.05, 0.1) is 11.5 Å². The Balaban J connectivity index is 2.06. The highest BCUT2D eigenvalue weighted by atomic mass is 19.1. The van der Waals surface area contributed by atoms with Gasteiger partial charge in [0, 0.05) is 23.2 Å². The summed E-state index contributed by atoms with van der Waals surface area (Å²) in [4.78, 5) is 18.8. The normalized spacial score (nSPS) is 13.4. The average molecular weight is 335 g/mol. The highest BCUT2D eigenvalue weighted by Gasteiger charge is 2.28. The van der Waals surface area contributed by atoms with E-state index >= 15 is 0 Å². The van der Waals surface area contributed by atoms with Crippen molar-refractivity contribution in [1.82, 2.24) is 9.97 Å². The Morgan fingerprint density at radius 2 is 2.08 bits per heavy atom. The SMILES string of the molecule is CCc1cc2ccc(C(C)(C#N)Cc3cccc(F)n3)cc2[nH]c1=O. The standard InChI is InChI=1S/C20H18FN3O/c1-3-13-9-14-7-8-15(10-17(14)24-19(13)25)20(2,12-22)11-16-5-4-6-18(21)23-16/h4-10H,3,11H2,1-2H3,(H,24,25). The van der Waals surface area contributed by atoms with E-state index in [9.17, 15) is 14.4 Å². The molecule has 0 amide bonds. The Bertz CT molecular complexity index is 1040. The van der Waals surface area contributed by atoms with E-state index in [1.807, 2.05) is 31.2 Å². The van der Waals surface area contributed by atoms with Crippen molar-refractivity contribution < 1.29 is 4.39 Å². The van der Waals surface area contributed by atoms with Gasteiger partial charge in [-0.3, -0.25) is 4.79 Å². The Kier molecular flexibility index (Phi) is 4.37. The maximum absolute atomic E-state index is 13.3. The Morgan fingerprint density at radius 1 is 1.28 bits per heavy atom. The number of nitrogens with zero attached hydrogens (tertiary/aromatic N) is 2. The number of benzene rings is 1. The molecule has 0 aliphatic heterocycles. The molecule has 0 bridgehead atoms. The van der Waals surface area contributed by atoms with E-state index in [1.165, 1.54) is 6.07 Å². The van der Waals surface area contributed by atoms with Crippen LogP contribution in [0.5, 0.6) is 0 Å². The molecule has 3 rings (SSSR count). The van der Waals surface area contributed by atoms with Gasteiger partial charge in [0.15, 0.2) is 0 Å². The molecule has 2 aromatic heterocycles. The average Bonchev–Trinajstić information content (AvgIpc) is 2.60. The van der Waals surface area contributed by atoms with E-state index in [-0.39, 0.29) is 12.0 Å². The fourth-order valence-electron chi connectivity index (χ4n) is 2.97. The number of rotatable bonds is 4. The number of H-pyrrole nitrogens is 1. The summed E-state index contributed by atoms with van der Waals surface area (Å²) < 4.78 is 13.3. The molecule has 0 radical (unpaired) electrons. The summed E-state index contributed by atoms with van der Waals surface area (Å²) in [7, 11) is 0. The summed E-state index contributed by atoms with van der Waals surface area (Å²) in [5, 5.41) is 10.7. The van der Waals surface area contributed by atoms with Gasteiger partial charge in [0.25, 0.3) is 5.56 Å². The number of fused-ring (bicyclic) bond motifs is 1. The molecule has 2 heterocycles. The largest absolute Gasteiger partial charge is 0.322 e. The van der Waals surface area contributed by atoms with Crippen LogP contribution in [0.3, 0.4) is 0 Å². The summed E-state index contributed by atoms with van der Waals surface area (Å²) in [6.45, 7) is 3.72. The van der Waals surface area contributed by atoms with Crippen molar-refractivity contribution in [3.63, 3.8) is 0 Å². The lowest BCUT2D eigenvalue weighted by atomic mass is 9.79. The summed E-state index contributed by atoms with van der Waals surface area (Å²) in [6, 6.07) is 14.3. The molecule has 0 saturated heterocycles. The first kappa shape index (κ1) is 16.8. The van der Waals surface area contributed by atoms with Crippen molar-refractivity contribution in [2.45, 2.75) is 32.1 Å². The zero-order valence-corrected chi connectivity index (χ0v) is 14.1. The minimum Gasteiger partial charge on any atom is -0.322 e. The van der Waals surface area contributed by atoms with Crippen LogP contribution < -0.4 is 5.56 Å². The zero-order valence-electron chi connectivity index (χ0n) is 14.1. The molecule has 5 heteroatoms. The van der Waals surface area contributed by atoms with Crippen molar-refractivity contribution in [2.24, 2.45) is 0 Å². The summed E-state index contributed by atoms with van der Waals surface area (Å²) in [5.41, 5.74) is 1.70. The number of nitriles is 1. The van der Waals surface area contributed by atoms with Crippen LogP contribution in [0.4, 0.5) is 4.39 Å². The predicted molar refractivity (Wildman–Crippen MR) is 94.8 cm³/mol. The Hall–Kier alpha value is -3.00. The van der Waals surface area contributed by atoms with Gasteiger partial charge in [-0.2, -0.15) is 9.65 Å². The van der Waals surface area contributed by atoms with Crippen molar-refractivity contribution in [3.05, 3.63) is 75.6 Å². The van der Waals surface area contributed by atoms with Gasteiger partial charge in [-0.05, 0) is 48.6 Å². The maximum atomic E-state index is 13.3. The number of halogens is 1. The molecule has 0 saturated carbocycles. The number of nitrogens with one attached hydrogen (secondary N) is 1. The number of aromatic nitrogens is 2. The van der Waals surface area contributed by atoms with Crippen LogP contribution in [-0.2, 0) is 18.3 Å². The highest BCUT2D eigenvalue weighted by molar-refractivity contribution is 5.80. The number of aromatic amines is 1. The first-order valence-corrected chi connectivity index (χ1v) is 8.14. The van der Waals surface area contributed by atoms with E-state index in [0.717, 1.165) is 16.5 Å². The maximum Gasteiger partial charge on any atom is 0.251 e. The molecule has 4 nitrogen and oxygen atoms in total. The first-order chi connectivity index (χ1) is 11.9. The molecule has 0 aliphatic rings. The fraction of sp³-hybridized carbons (Fsp3) is 0.250. The van der Waals surface area contributed by atoms with Gasteiger partial charge >= 0.3 is 0 Å². The lowest BCUT2D eigenvalue weighted by Crippen LogP contribution is -2.24. The quantitative estimate of drug-likeness (QED) is 0.740. The third kappa shape index (κ3) is 3.29. The van der Waals surface area contributed by atoms with Gasteiger partial charge in [-0.15, -0.1) is 0 Å². The second kappa shape index (κ2) is 6.48. The van der Waals surface area contributed by atoms with Gasteiger partial charge in [0.2, 0.25) is 5.95 Å². The van der Waals surface area contributed by atoms with E-state index in [0.29, 0.717) is 17.6 Å². The molecular formula is C20H18FN3O. The Labute approximate surface area is 145 Å². The lowest BCUT2D eigenvalue weighted by molar-refractivity contribution is 0.552. The van der Waals surface area contributed by atoms with Crippen molar-refractivity contribution in [2.75, 3.05) is 0 Å². The van der Waals surface area contributed by atoms with Crippen LogP contribution in [-0.4, -0.2) is 9.97 Å². The minimum atomic E-state index is -0.880. The van der Waals surface area contributed by atoms with Gasteiger partial charge in [0.1, 0.15) is 0 Å². The van der Waals surface area contributed by atoms with Gasteiger partial charge in [-0.1, -0.05) is 25.1 Å². The number of aryl methyl sites for hydroxylation is 1. The van der Waals surface area contributed by atoms with E-state index in [4.69, 9.17) is 0 Å². The van der Waals surface area contributed by atoms with Crippen molar-refractivity contribution in [1.29, 1.82) is 5.26 Å². The first-order valence-electron chi connectivity index (χ1n) is 8.14. The predicted octanol–water partition coefficient (Wildman–Crippen LogP) is 3.65. The fourth-order valence-corrected chi connectivity index (χ4v) is 2.97. The number of hydrogen-bond donors (Lipinski definition) is 1. The molecule has 1 N–H and O–H groups in total. The minimum absolute atomic E-state index is 0.113. The third-order valence-corrected chi connectivity index (χ3v) is 4.50.